The van der Waals surface area contributed by atoms with Crippen molar-refractivity contribution in [3.63, 3.8) is 0 Å². The van der Waals surface area contributed by atoms with Gasteiger partial charge in [0.15, 0.2) is 11.5 Å². The number of amides is 2. The molecule has 0 saturated heterocycles. The molecule has 0 aliphatic carbocycles. The van der Waals surface area contributed by atoms with E-state index in [1.807, 2.05) is 32.0 Å². The fourth-order valence-electron chi connectivity index (χ4n) is 3.00. The highest BCUT2D eigenvalue weighted by molar-refractivity contribution is 6.06. The van der Waals surface area contributed by atoms with E-state index in [0.717, 1.165) is 16.8 Å². The summed E-state index contributed by atoms with van der Waals surface area (Å²) in [6.07, 6.45) is 0. The average Bonchev–Trinajstić information content (AvgIpc) is 3.10. The number of nitrogen functional groups attached to an aromatic ring is 1. The van der Waals surface area contributed by atoms with Gasteiger partial charge in [-0.25, -0.2) is 4.68 Å². The van der Waals surface area contributed by atoms with Crippen LogP contribution < -0.4 is 25.8 Å². The lowest BCUT2D eigenvalue weighted by molar-refractivity contribution is -0.116. The SMILES string of the molecule is COc1cc(NC(=O)c2nnn(CC(=O)Nc3c(C)cccc3C)c2N)cc(OC)c1. The molecule has 0 saturated carbocycles. The van der Waals surface area contributed by atoms with E-state index in [4.69, 9.17) is 15.2 Å². The van der Waals surface area contributed by atoms with Gasteiger partial charge in [0.05, 0.1) is 14.2 Å². The van der Waals surface area contributed by atoms with Crippen molar-refractivity contribution in [3.8, 4) is 11.5 Å². The highest BCUT2D eigenvalue weighted by Crippen LogP contribution is 2.26. The second-order valence-corrected chi connectivity index (χ2v) is 6.85. The molecule has 10 nitrogen and oxygen atoms in total. The maximum Gasteiger partial charge on any atom is 0.280 e. The van der Waals surface area contributed by atoms with E-state index in [9.17, 15) is 9.59 Å². The summed E-state index contributed by atoms with van der Waals surface area (Å²) in [4.78, 5) is 25.1. The number of para-hydroxylation sites is 1. The molecule has 1 aromatic heterocycles. The summed E-state index contributed by atoms with van der Waals surface area (Å²) in [6.45, 7) is 3.62. The van der Waals surface area contributed by atoms with Crippen molar-refractivity contribution in [1.82, 2.24) is 15.0 Å². The first kappa shape index (κ1) is 21.6. The number of nitrogens with one attached hydrogen (secondary N) is 2. The Morgan fingerprint density at radius 2 is 1.65 bits per heavy atom. The third kappa shape index (κ3) is 4.92. The summed E-state index contributed by atoms with van der Waals surface area (Å²) in [5, 5.41) is 13.2. The molecule has 2 amide bonds. The van der Waals surface area contributed by atoms with Crippen LogP contribution in [-0.2, 0) is 11.3 Å². The Morgan fingerprint density at radius 1 is 1.03 bits per heavy atom. The van der Waals surface area contributed by atoms with Gasteiger partial charge in [-0.1, -0.05) is 23.4 Å². The molecule has 0 radical (unpaired) electrons. The molecule has 31 heavy (non-hydrogen) atoms. The zero-order chi connectivity index (χ0) is 22.5. The minimum absolute atomic E-state index is 0.0241. The Kier molecular flexibility index (Phi) is 6.39. The molecule has 0 aliphatic heterocycles. The minimum Gasteiger partial charge on any atom is -0.497 e. The van der Waals surface area contributed by atoms with Gasteiger partial charge in [-0.2, -0.15) is 0 Å². The fourth-order valence-corrected chi connectivity index (χ4v) is 3.00. The molecule has 0 bridgehead atoms. The second kappa shape index (κ2) is 9.16. The molecule has 0 aliphatic rings. The third-order valence-electron chi connectivity index (χ3n) is 4.64. The molecule has 0 atom stereocenters. The largest absolute Gasteiger partial charge is 0.497 e. The zero-order valence-corrected chi connectivity index (χ0v) is 17.7. The van der Waals surface area contributed by atoms with Gasteiger partial charge in [0.25, 0.3) is 5.91 Å². The van der Waals surface area contributed by atoms with Gasteiger partial charge in [0.1, 0.15) is 18.0 Å². The number of aromatic nitrogens is 3. The number of aryl methyl sites for hydroxylation is 2. The number of methoxy groups -OCH3 is 2. The lowest BCUT2D eigenvalue weighted by atomic mass is 10.1. The van der Waals surface area contributed by atoms with Crippen molar-refractivity contribution < 1.29 is 19.1 Å². The van der Waals surface area contributed by atoms with Gasteiger partial charge in [-0.3, -0.25) is 9.59 Å². The predicted octanol–water partition coefficient (Wildman–Crippen LogP) is 2.39. The zero-order valence-electron chi connectivity index (χ0n) is 17.7. The van der Waals surface area contributed by atoms with Crippen molar-refractivity contribution >= 4 is 29.0 Å². The number of carbonyl (C=O) groups excluding carboxylic acids is 2. The van der Waals surface area contributed by atoms with Crippen molar-refractivity contribution in [3.05, 3.63) is 53.2 Å². The van der Waals surface area contributed by atoms with Crippen LogP contribution in [0.25, 0.3) is 0 Å². The lowest BCUT2D eigenvalue weighted by Gasteiger charge is -2.11. The number of rotatable bonds is 7. The number of anilines is 3. The highest BCUT2D eigenvalue weighted by Gasteiger charge is 2.20. The van der Waals surface area contributed by atoms with Gasteiger partial charge >= 0.3 is 0 Å². The Morgan fingerprint density at radius 3 is 2.23 bits per heavy atom. The first-order valence-corrected chi connectivity index (χ1v) is 9.41. The molecule has 3 aromatic rings. The van der Waals surface area contributed by atoms with Crippen LogP contribution in [0, 0.1) is 13.8 Å². The van der Waals surface area contributed by atoms with Gasteiger partial charge in [0.2, 0.25) is 5.91 Å². The topological polar surface area (TPSA) is 133 Å². The van der Waals surface area contributed by atoms with Crippen LogP contribution in [0.3, 0.4) is 0 Å². The van der Waals surface area contributed by atoms with E-state index in [1.54, 1.807) is 18.2 Å². The summed E-state index contributed by atoms with van der Waals surface area (Å²) in [5.74, 6) is 0.0839. The van der Waals surface area contributed by atoms with E-state index in [2.05, 4.69) is 20.9 Å². The Hall–Kier alpha value is -4.08. The first-order valence-electron chi connectivity index (χ1n) is 9.41. The first-order chi connectivity index (χ1) is 14.8. The molecule has 162 valence electrons. The molecular formula is C21H24N6O4. The van der Waals surface area contributed by atoms with Crippen LogP contribution in [0.15, 0.2) is 36.4 Å². The predicted molar refractivity (Wildman–Crippen MR) is 116 cm³/mol. The van der Waals surface area contributed by atoms with Gasteiger partial charge in [-0.05, 0) is 25.0 Å². The van der Waals surface area contributed by atoms with E-state index in [-0.39, 0.29) is 24.0 Å². The van der Waals surface area contributed by atoms with Crippen LogP contribution in [0.5, 0.6) is 11.5 Å². The third-order valence-corrected chi connectivity index (χ3v) is 4.64. The number of ether oxygens (including phenoxy) is 2. The standard InChI is InChI=1S/C21H24N6O4/c1-12-6-5-7-13(2)18(12)24-17(28)11-27-20(22)19(25-26-27)21(29)23-14-8-15(30-3)10-16(9-14)31-4/h5-10H,11,22H2,1-4H3,(H,23,29)(H,24,28). The number of carbonyl (C=O) groups is 2. The van der Waals surface area contributed by atoms with Gasteiger partial charge in [0, 0.05) is 29.6 Å². The Labute approximate surface area is 179 Å². The quantitative estimate of drug-likeness (QED) is 0.530. The molecule has 0 unspecified atom stereocenters. The van der Waals surface area contributed by atoms with Gasteiger partial charge in [-0.15, -0.1) is 5.10 Å². The van der Waals surface area contributed by atoms with Crippen LogP contribution in [0.1, 0.15) is 21.6 Å². The van der Waals surface area contributed by atoms with Crippen LogP contribution in [0.2, 0.25) is 0 Å². The minimum atomic E-state index is -0.575. The molecule has 2 aromatic carbocycles. The van der Waals surface area contributed by atoms with Crippen LogP contribution in [-0.4, -0.2) is 41.0 Å². The van der Waals surface area contributed by atoms with Crippen LogP contribution in [0.4, 0.5) is 17.2 Å². The molecule has 3 rings (SSSR count). The van der Waals surface area contributed by atoms with E-state index < -0.39 is 5.91 Å². The maximum atomic E-state index is 12.6. The summed E-state index contributed by atoms with van der Waals surface area (Å²) in [6, 6.07) is 10.6. The fraction of sp³-hybridized carbons (Fsp3) is 0.238. The summed E-state index contributed by atoms with van der Waals surface area (Å²) >= 11 is 0. The number of hydrogen-bond donors (Lipinski definition) is 3. The molecule has 10 heteroatoms. The number of nitrogens with two attached hydrogens (primary N) is 1. The number of hydrogen-bond acceptors (Lipinski definition) is 7. The van der Waals surface area contributed by atoms with E-state index in [0.29, 0.717) is 17.2 Å². The summed E-state index contributed by atoms with van der Waals surface area (Å²) < 4.78 is 11.5. The second-order valence-electron chi connectivity index (χ2n) is 6.85. The Bertz CT molecular complexity index is 1080. The number of benzene rings is 2. The average molecular weight is 424 g/mol. The molecule has 0 spiro atoms. The van der Waals surface area contributed by atoms with Crippen molar-refractivity contribution in [2.24, 2.45) is 0 Å². The summed E-state index contributed by atoms with van der Waals surface area (Å²) in [5.41, 5.74) is 8.97. The van der Waals surface area contributed by atoms with E-state index in [1.165, 1.54) is 18.9 Å². The smallest absolute Gasteiger partial charge is 0.280 e. The van der Waals surface area contributed by atoms with Gasteiger partial charge < -0.3 is 25.8 Å². The maximum absolute atomic E-state index is 12.6. The molecule has 0 fully saturated rings. The Balaban J connectivity index is 1.72. The van der Waals surface area contributed by atoms with Crippen molar-refractivity contribution in [2.75, 3.05) is 30.6 Å². The number of nitrogens with zero attached hydrogens (tertiary/aromatic N) is 3. The van der Waals surface area contributed by atoms with E-state index >= 15 is 0 Å². The molecule has 1 heterocycles. The van der Waals surface area contributed by atoms with Crippen molar-refractivity contribution in [2.45, 2.75) is 20.4 Å². The molecule has 4 N–H and O–H groups in total. The highest BCUT2D eigenvalue weighted by atomic mass is 16.5. The molecular weight excluding hydrogens is 400 g/mol. The van der Waals surface area contributed by atoms with Crippen LogP contribution >= 0.6 is 0 Å². The summed E-state index contributed by atoms with van der Waals surface area (Å²) in [7, 11) is 3.01. The van der Waals surface area contributed by atoms with Crippen molar-refractivity contribution in [1.29, 1.82) is 0 Å². The monoisotopic (exact) mass is 424 g/mol. The normalized spacial score (nSPS) is 10.5. The lowest BCUT2D eigenvalue weighted by Crippen LogP contribution is -2.22.